The van der Waals surface area contributed by atoms with Crippen molar-refractivity contribution in [2.45, 2.75) is 32.3 Å². The van der Waals surface area contributed by atoms with Crippen LogP contribution in [0.1, 0.15) is 26.2 Å². The van der Waals surface area contributed by atoms with E-state index >= 15 is 0 Å². The molecule has 56 valence electrons. The molecule has 10 heavy (non-hydrogen) atoms. The van der Waals surface area contributed by atoms with Gasteiger partial charge in [-0.15, -0.1) is 5.92 Å². The molecule has 0 saturated heterocycles. The molecule has 1 aliphatic carbocycles. The molecule has 0 N–H and O–H groups in total. The molecule has 0 radical (unpaired) electrons. The molecule has 2 unspecified atom stereocenters. The Morgan fingerprint density at radius 2 is 2.20 bits per heavy atom. The van der Waals surface area contributed by atoms with Gasteiger partial charge < -0.3 is 4.74 Å². The van der Waals surface area contributed by atoms with Crippen molar-refractivity contribution in [1.82, 2.24) is 0 Å². The summed E-state index contributed by atoms with van der Waals surface area (Å²) < 4.78 is 5.27. The maximum Gasteiger partial charge on any atom is 0.0708 e. The standard InChI is InChI=1S/C9H14O/c1-3-5-8-6-4-7-9(8)10-2/h8-9H,4,6-7H2,1-2H3. The van der Waals surface area contributed by atoms with Crippen molar-refractivity contribution >= 4 is 0 Å². The molecule has 0 amide bonds. The molecule has 1 heteroatoms. The van der Waals surface area contributed by atoms with Gasteiger partial charge in [0.05, 0.1) is 6.10 Å². The van der Waals surface area contributed by atoms with Crippen LogP contribution in [0.2, 0.25) is 0 Å². The van der Waals surface area contributed by atoms with Gasteiger partial charge in [-0.3, -0.25) is 0 Å². The molecule has 1 rings (SSSR count). The third-order valence-electron chi connectivity index (χ3n) is 2.09. The van der Waals surface area contributed by atoms with Gasteiger partial charge in [-0.05, 0) is 26.2 Å². The fourth-order valence-corrected chi connectivity index (χ4v) is 1.56. The Balaban J connectivity index is 2.47. The second kappa shape index (κ2) is 3.63. The highest BCUT2D eigenvalue weighted by Crippen LogP contribution is 2.26. The van der Waals surface area contributed by atoms with Crippen LogP contribution in [-0.4, -0.2) is 13.2 Å². The maximum atomic E-state index is 5.27. The highest BCUT2D eigenvalue weighted by Gasteiger charge is 2.24. The van der Waals surface area contributed by atoms with E-state index in [9.17, 15) is 0 Å². The molecule has 1 nitrogen and oxygen atoms in total. The van der Waals surface area contributed by atoms with Crippen LogP contribution < -0.4 is 0 Å². The van der Waals surface area contributed by atoms with Crippen molar-refractivity contribution < 1.29 is 4.74 Å². The van der Waals surface area contributed by atoms with E-state index in [1.807, 2.05) is 6.92 Å². The number of hydrogen-bond donors (Lipinski definition) is 0. The van der Waals surface area contributed by atoms with E-state index in [0.29, 0.717) is 12.0 Å². The topological polar surface area (TPSA) is 9.23 Å². The van der Waals surface area contributed by atoms with Crippen molar-refractivity contribution in [2.75, 3.05) is 7.11 Å². The van der Waals surface area contributed by atoms with Gasteiger partial charge in [0.25, 0.3) is 0 Å². The van der Waals surface area contributed by atoms with Crippen molar-refractivity contribution in [3.05, 3.63) is 0 Å². The second-order valence-electron chi connectivity index (χ2n) is 2.71. The van der Waals surface area contributed by atoms with Crippen molar-refractivity contribution in [2.24, 2.45) is 5.92 Å². The molecule has 0 aromatic heterocycles. The highest BCUT2D eigenvalue weighted by atomic mass is 16.5. The molecule has 1 saturated carbocycles. The maximum absolute atomic E-state index is 5.27. The lowest BCUT2D eigenvalue weighted by Crippen LogP contribution is -2.14. The summed E-state index contributed by atoms with van der Waals surface area (Å²) in [6.45, 7) is 1.89. The Morgan fingerprint density at radius 3 is 2.80 bits per heavy atom. The molecule has 0 heterocycles. The average molecular weight is 138 g/mol. The molecule has 0 aromatic rings. The van der Waals surface area contributed by atoms with Gasteiger partial charge in [0.2, 0.25) is 0 Å². The summed E-state index contributed by atoms with van der Waals surface area (Å²) in [5.74, 6) is 6.62. The van der Waals surface area contributed by atoms with Crippen LogP contribution in [0.15, 0.2) is 0 Å². The van der Waals surface area contributed by atoms with E-state index in [1.165, 1.54) is 19.3 Å². The first-order valence-electron chi connectivity index (χ1n) is 3.83. The lowest BCUT2D eigenvalue weighted by atomic mass is 10.1. The van der Waals surface area contributed by atoms with E-state index in [-0.39, 0.29) is 0 Å². The third kappa shape index (κ3) is 1.52. The van der Waals surface area contributed by atoms with Crippen LogP contribution in [0.5, 0.6) is 0 Å². The number of methoxy groups -OCH3 is 1. The van der Waals surface area contributed by atoms with Gasteiger partial charge in [0.1, 0.15) is 0 Å². The number of ether oxygens (including phenoxy) is 1. The monoisotopic (exact) mass is 138 g/mol. The van der Waals surface area contributed by atoms with E-state index in [1.54, 1.807) is 7.11 Å². The first-order valence-corrected chi connectivity index (χ1v) is 3.83. The molecule has 0 bridgehead atoms. The summed E-state index contributed by atoms with van der Waals surface area (Å²) in [5.41, 5.74) is 0. The average Bonchev–Trinajstić information content (AvgIpc) is 2.36. The SMILES string of the molecule is CC#CC1CCCC1OC. The molecule has 2 atom stereocenters. The zero-order valence-corrected chi connectivity index (χ0v) is 6.68. The summed E-state index contributed by atoms with van der Waals surface area (Å²) in [7, 11) is 1.78. The largest absolute Gasteiger partial charge is 0.380 e. The normalized spacial score (nSPS) is 31.4. The predicted molar refractivity (Wildman–Crippen MR) is 41.6 cm³/mol. The molecular weight excluding hydrogens is 124 g/mol. The summed E-state index contributed by atoms with van der Waals surface area (Å²) in [5, 5.41) is 0. The lowest BCUT2D eigenvalue weighted by Gasteiger charge is -2.11. The molecule has 1 fully saturated rings. The Bertz CT molecular complexity index is 152. The Labute approximate surface area is 62.8 Å². The van der Waals surface area contributed by atoms with Gasteiger partial charge in [-0.1, -0.05) is 5.92 Å². The van der Waals surface area contributed by atoms with Gasteiger partial charge >= 0.3 is 0 Å². The van der Waals surface area contributed by atoms with E-state index in [0.717, 1.165) is 0 Å². The first-order chi connectivity index (χ1) is 4.88. The fourth-order valence-electron chi connectivity index (χ4n) is 1.56. The zero-order chi connectivity index (χ0) is 7.40. The minimum absolute atomic E-state index is 0.410. The summed E-state index contributed by atoms with van der Waals surface area (Å²) in [6, 6.07) is 0. The minimum Gasteiger partial charge on any atom is -0.380 e. The summed E-state index contributed by atoms with van der Waals surface area (Å²) in [6.07, 6.45) is 4.10. The van der Waals surface area contributed by atoms with Crippen LogP contribution in [0.25, 0.3) is 0 Å². The quantitative estimate of drug-likeness (QED) is 0.502. The Morgan fingerprint density at radius 1 is 1.40 bits per heavy atom. The second-order valence-corrected chi connectivity index (χ2v) is 2.71. The summed E-state index contributed by atoms with van der Waals surface area (Å²) in [4.78, 5) is 0. The van der Waals surface area contributed by atoms with Crippen LogP contribution in [0.4, 0.5) is 0 Å². The number of rotatable bonds is 1. The molecule has 1 aliphatic rings. The van der Waals surface area contributed by atoms with Crippen LogP contribution >= 0.6 is 0 Å². The van der Waals surface area contributed by atoms with Gasteiger partial charge in [0, 0.05) is 13.0 Å². The smallest absolute Gasteiger partial charge is 0.0708 e. The van der Waals surface area contributed by atoms with Gasteiger partial charge in [-0.25, -0.2) is 0 Å². The minimum atomic E-state index is 0.410. The molecule has 0 aromatic carbocycles. The zero-order valence-electron chi connectivity index (χ0n) is 6.68. The lowest BCUT2D eigenvalue weighted by molar-refractivity contribution is 0.0888. The molecular formula is C9H14O. The Kier molecular flexibility index (Phi) is 2.77. The van der Waals surface area contributed by atoms with Gasteiger partial charge in [-0.2, -0.15) is 0 Å². The van der Waals surface area contributed by atoms with Crippen molar-refractivity contribution in [1.29, 1.82) is 0 Å². The van der Waals surface area contributed by atoms with E-state index < -0.39 is 0 Å². The van der Waals surface area contributed by atoms with Crippen LogP contribution in [-0.2, 0) is 4.74 Å². The molecule has 0 spiro atoms. The van der Waals surface area contributed by atoms with Gasteiger partial charge in [0.15, 0.2) is 0 Å². The third-order valence-corrected chi connectivity index (χ3v) is 2.09. The first kappa shape index (κ1) is 7.63. The predicted octanol–water partition coefficient (Wildman–Crippen LogP) is 1.82. The Hall–Kier alpha value is -0.480. The van der Waals surface area contributed by atoms with E-state index in [4.69, 9.17) is 4.74 Å². The van der Waals surface area contributed by atoms with Crippen molar-refractivity contribution in [3.63, 3.8) is 0 Å². The summed E-state index contributed by atoms with van der Waals surface area (Å²) >= 11 is 0. The number of hydrogen-bond acceptors (Lipinski definition) is 1. The van der Waals surface area contributed by atoms with E-state index in [2.05, 4.69) is 11.8 Å². The molecule has 0 aliphatic heterocycles. The van der Waals surface area contributed by atoms with Crippen LogP contribution in [0.3, 0.4) is 0 Å². The highest BCUT2D eigenvalue weighted by molar-refractivity contribution is 5.05. The fraction of sp³-hybridized carbons (Fsp3) is 0.778. The van der Waals surface area contributed by atoms with Crippen molar-refractivity contribution in [3.8, 4) is 11.8 Å². The van der Waals surface area contributed by atoms with Crippen LogP contribution in [0, 0.1) is 17.8 Å².